The normalized spacial score (nSPS) is 26.3. The van der Waals surface area contributed by atoms with E-state index >= 15 is 0 Å². The number of hydrogen-bond donors (Lipinski definition) is 1. The molecule has 154 valence electrons. The molecule has 1 fully saturated rings. The Morgan fingerprint density at radius 3 is 2.03 bits per heavy atom. The van der Waals surface area contributed by atoms with E-state index < -0.39 is 0 Å². The van der Waals surface area contributed by atoms with E-state index in [1.54, 1.807) is 0 Å². The van der Waals surface area contributed by atoms with Crippen molar-refractivity contribution in [2.75, 3.05) is 6.61 Å². The molecule has 0 saturated carbocycles. The highest BCUT2D eigenvalue weighted by atomic mass is 16.5. The van der Waals surface area contributed by atoms with Gasteiger partial charge in [0.15, 0.2) is 0 Å². The first-order chi connectivity index (χ1) is 14.3. The van der Waals surface area contributed by atoms with Crippen molar-refractivity contribution in [1.82, 2.24) is 4.90 Å². The standard InChI is InChI=1S/C26H33NO2/c1-2-3-14-23(26-22(19-28)24-15-16-25(26)29-24)27(17-20-10-6-4-7-11-20)18-21-12-8-5-9-13-21/h4-13,15-16,22-26,28H,2-3,14,17-19H2,1H3/t22-,23-,24-,25+,26+/m0/s1. The van der Waals surface area contributed by atoms with Gasteiger partial charge in [0.25, 0.3) is 0 Å². The van der Waals surface area contributed by atoms with Gasteiger partial charge < -0.3 is 9.84 Å². The van der Waals surface area contributed by atoms with Crippen molar-refractivity contribution in [2.45, 2.75) is 57.5 Å². The summed E-state index contributed by atoms with van der Waals surface area (Å²) >= 11 is 0. The maximum absolute atomic E-state index is 10.2. The molecule has 0 unspecified atom stereocenters. The van der Waals surface area contributed by atoms with Gasteiger partial charge in [-0.2, -0.15) is 0 Å². The third-order valence-electron chi connectivity index (χ3n) is 6.54. The molecule has 2 aromatic carbocycles. The van der Waals surface area contributed by atoms with Crippen LogP contribution in [0.15, 0.2) is 72.8 Å². The Balaban J connectivity index is 1.64. The van der Waals surface area contributed by atoms with E-state index in [1.165, 1.54) is 24.0 Å². The zero-order valence-corrected chi connectivity index (χ0v) is 17.4. The lowest BCUT2D eigenvalue weighted by atomic mass is 9.76. The first-order valence-electron chi connectivity index (χ1n) is 11.1. The molecule has 2 aromatic rings. The van der Waals surface area contributed by atoms with Crippen LogP contribution < -0.4 is 0 Å². The molecule has 3 heteroatoms. The number of aliphatic hydroxyl groups excluding tert-OH is 1. The van der Waals surface area contributed by atoms with Gasteiger partial charge in [0.2, 0.25) is 0 Å². The van der Waals surface area contributed by atoms with Crippen molar-refractivity contribution < 1.29 is 9.84 Å². The van der Waals surface area contributed by atoms with Crippen LogP contribution in [0.25, 0.3) is 0 Å². The molecular weight excluding hydrogens is 358 g/mol. The third-order valence-corrected chi connectivity index (χ3v) is 6.54. The molecule has 1 N–H and O–H groups in total. The molecule has 0 amide bonds. The SMILES string of the molecule is CCCC[C@@H]([C@H]1[C@@H](CO)[C@@H]2C=C[C@H]1O2)N(Cc1ccccc1)Cc1ccccc1. The van der Waals surface area contributed by atoms with E-state index in [4.69, 9.17) is 4.74 Å². The second-order valence-corrected chi connectivity index (χ2v) is 8.46. The van der Waals surface area contributed by atoms with E-state index in [9.17, 15) is 5.11 Å². The minimum absolute atomic E-state index is 0.0782. The Morgan fingerprint density at radius 2 is 1.48 bits per heavy atom. The van der Waals surface area contributed by atoms with Crippen LogP contribution in [0.1, 0.15) is 37.3 Å². The van der Waals surface area contributed by atoms with Crippen LogP contribution in [0, 0.1) is 11.8 Å². The lowest BCUT2D eigenvalue weighted by Gasteiger charge is -2.40. The maximum Gasteiger partial charge on any atom is 0.0819 e. The number of unbranched alkanes of at least 4 members (excludes halogenated alkanes) is 1. The molecule has 29 heavy (non-hydrogen) atoms. The van der Waals surface area contributed by atoms with E-state index in [-0.39, 0.29) is 24.7 Å². The molecule has 5 atom stereocenters. The summed E-state index contributed by atoms with van der Waals surface area (Å²) in [5.74, 6) is 0.537. The number of fused-ring (bicyclic) bond motifs is 2. The van der Waals surface area contributed by atoms with Crippen molar-refractivity contribution in [1.29, 1.82) is 0 Å². The monoisotopic (exact) mass is 391 g/mol. The lowest BCUT2D eigenvalue weighted by molar-refractivity contribution is 0.0575. The molecule has 2 aliphatic heterocycles. The van der Waals surface area contributed by atoms with Gasteiger partial charge in [0, 0.05) is 37.6 Å². The lowest BCUT2D eigenvalue weighted by Crippen LogP contribution is -2.46. The van der Waals surface area contributed by atoms with E-state index in [0.29, 0.717) is 12.0 Å². The minimum atomic E-state index is 0.0782. The fourth-order valence-corrected chi connectivity index (χ4v) is 5.10. The molecule has 2 aliphatic rings. The Morgan fingerprint density at radius 1 is 0.897 bits per heavy atom. The number of benzene rings is 2. The van der Waals surface area contributed by atoms with Gasteiger partial charge in [-0.3, -0.25) is 4.90 Å². The summed E-state index contributed by atoms with van der Waals surface area (Å²) in [5, 5.41) is 10.2. The molecule has 3 nitrogen and oxygen atoms in total. The highest BCUT2D eigenvalue weighted by molar-refractivity contribution is 5.20. The van der Waals surface area contributed by atoms with Gasteiger partial charge >= 0.3 is 0 Å². The van der Waals surface area contributed by atoms with Gasteiger partial charge in [0.1, 0.15) is 0 Å². The molecule has 0 spiro atoms. The highest BCUT2D eigenvalue weighted by Crippen LogP contribution is 2.43. The summed E-state index contributed by atoms with van der Waals surface area (Å²) < 4.78 is 6.20. The second-order valence-electron chi connectivity index (χ2n) is 8.46. The maximum atomic E-state index is 10.2. The topological polar surface area (TPSA) is 32.7 Å². The summed E-state index contributed by atoms with van der Waals surface area (Å²) in [4.78, 5) is 2.63. The zero-order chi connectivity index (χ0) is 20.1. The zero-order valence-electron chi connectivity index (χ0n) is 17.4. The van der Waals surface area contributed by atoms with Crippen molar-refractivity contribution >= 4 is 0 Å². The van der Waals surface area contributed by atoms with Crippen LogP contribution in [0.4, 0.5) is 0 Å². The van der Waals surface area contributed by atoms with Gasteiger partial charge in [-0.1, -0.05) is 92.6 Å². The Kier molecular flexibility index (Phi) is 6.81. The molecular formula is C26H33NO2. The van der Waals surface area contributed by atoms with Crippen molar-refractivity contribution in [3.63, 3.8) is 0 Å². The summed E-state index contributed by atoms with van der Waals surface area (Å²) in [6.07, 6.45) is 8.10. The Labute approximate surface area is 175 Å². The predicted molar refractivity (Wildman–Crippen MR) is 117 cm³/mol. The van der Waals surface area contributed by atoms with Gasteiger partial charge in [-0.15, -0.1) is 0 Å². The fourth-order valence-electron chi connectivity index (χ4n) is 5.10. The Hall–Kier alpha value is -1.94. The van der Waals surface area contributed by atoms with Crippen LogP contribution in [-0.4, -0.2) is 34.9 Å². The molecule has 0 aromatic heterocycles. The van der Waals surface area contributed by atoms with Crippen LogP contribution in [-0.2, 0) is 17.8 Å². The second kappa shape index (κ2) is 9.71. The van der Waals surface area contributed by atoms with Gasteiger partial charge in [-0.05, 0) is 17.5 Å². The summed E-state index contributed by atoms with van der Waals surface area (Å²) in [7, 11) is 0. The first-order valence-corrected chi connectivity index (χ1v) is 11.1. The number of hydrogen-bond acceptors (Lipinski definition) is 3. The molecule has 1 saturated heterocycles. The molecule has 4 rings (SSSR count). The molecule has 2 bridgehead atoms. The summed E-state index contributed by atoms with van der Waals surface area (Å²) in [6, 6.07) is 21.9. The number of rotatable bonds is 10. The van der Waals surface area contributed by atoms with Gasteiger partial charge in [-0.25, -0.2) is 0 Å². The molecule has 2 heterocycles. The number of nitrogens with zero attached hydrogens (tertiary/aromatic N) is 1. The molecule has 0 radical (unpaired) electrons. The van der Waals surface area contributed by atoms with E-state index in [2.05, 4.69) is 84.6 Å². The van der Waals surface area contributed by atoms with E-state index in [1.807, 2.05) is 0 Å². The quantitative estimate of drug-likeness (QED) is 0.590. The number of aliphatic hydroxyl groups is 1. The number of ether oxygens (including phenoxy) is 1. The summed E-state index contributed by atoms with van der Waals surface area (Å²) in [5.41, 5.74) is 2.68. The van der Waals surface area contributed by atoms with Crippen LogP contribution in [0.2, 0.25) is 0 Å². The van der Waals surface area contributed by atoms with E-state index in [0.717, 1.165) is 19.5 Å². The van der Waals surface area contributed by atoms with Crippen LogP contribution in [0.3, 0.4) is 0 Å². The van der Waals surface area contributed by atoms with Crippen LogP contribution >= 0.6 is 0 Å². The van der Waals surface area contributed by atoms with Crippen molar-refractivity contribution in [2.24, 2.45) is 11.8 Å². The third kappa shape index (κ3) is 4.63. The van der Waals surface area contributed by atoms with Crippen molar-refractivity contribution in [3.8, 4) is 0 Å². The summed E-state index contributed by atoms with van der Waals surface area (Å²) in [6.45, 7) is 4.29. The Bertz CT molecular complexity index is 734. The largest absolute Gasteiger partial charge is 0.396 e. The smallest absolute Gasteiger partial charge is 0.0819 e. The fraction of sp³-hybridized carbons (Fsp3) is 0.462. The van der Waals surface area contributed by atoms with Crippen LogP contribution in [0.5, 0.6) is 0 Å². The molecule has 0 aliphatic carbocycles. The average molecular weight is 392 g/mol. The average Bonchev–Trinajstić information content (AvgIpc) is 3.37. The first kappa shape index (κ1) is 20.3. The predicted octanol–water partition coefficient (Wildman–Crippen LogP) is 4.81. The van der Waals surface area contributed by atoms with Crippen molar-refractivity contribution in [3.05, 3.63) is 83.9 Å². The highest BCUT2D eigenvalue weighted by Gasteiger charge is 2.49. The van der Waals surface area contributed by atoms with Gasteiger partial charge in [0.05, 0.1) is 12.2 Å². The minimum Gasteiger partial charge on any atom is -0.396 e.